The predicted octanol–water partition coefficient (Wildman–Crippen LogP) is 4.00. The van der Waals surface area contributed by atoms with Crippen LogP contribution in [0.1, 0.15) is 50.6 Å². The smallest absolute Gasteiger partial charge is 0.0798 e. The average molecular weight is 266 g/mol. The molecule has 3 unspecified atom stereocenters. The van der Waals surface area contributed by atoms with Crippen LogP contribution in [0, 0.1) is 24.7 Å². The van der Waals surface area contributed by atoms with Gasteiger partial charge in [-0.25, -0.2) is 4.98 Å². The van der Waals surface area contributed by atoms with Gasteiger partial charge in [-0.05, 0) is 37.5 Å². The quantitative estimate of drug-likeness (QED) is 0.891. The van der Waals surface area contributed by atoms with E-state index in [0.29, 0.717) is 6.04 Å². The van der Waals surface area contributed by atoms with Gasteiger partial charge in [-0.15, -0.1) is 11.3 Å². The first-order valence-corrected chi connectivity index (χ1v) is 8.08. The molecule has 1 aromatic heterocycles. The fourth-order valence-electron chi connectivity index (χ4n) is 3.16. The zero-order valence-electron chi connectivity index (χ0n) is 12.1. The molecule has 1 fully saturated rings. The maximum atomic E-state index is 4.33. The van der Waals surface area contributed by atoms with E-state index in [2.05, 4.69) is 38.0 Å². The van der Waals surface area contributed by atoms with Crippen LogP contribution in [0.2, 0.25) is 0 Å². The van der Waals surface area contributed by atoms with Gasteiger partial charge in [-0.1, -0.05) is 27.2 Å². The van der Waals surface area contributed by atoms with Crippen molar-refractivity contribution in [2.45, 2.75) is 59.5 Å². The topological polar surface area (TPSA) is 24.9 Å². The highest BCUT2D eigenvalue weighted by atomic mass is 32.1. The van der Waals surface area contributed by atoms with Crippen LogP contribution in [-0.2, 0) is 6.54 Å². The Hall–Kier alpha value is -0.410. The van der Waals surface area contributed by atoms with Gasteiger partial charge < -0.3 is 5.32 Å². The molecule has 0 aliphatic heterocycles. The fraction of sp³-hybridized carbons (Fsp3) is 0.800. The molecule has 1 aliphatic carbocycles. The van der Waals surface area contributed by atoms with Crippen LogP contribution in [0.3, 0.4) is 0 Å². The van der Waals surface area contributed by atoms with Gasteiger partial charge in [0.2, 0.25) is 0 Å². The van der Waals surface area contributed by atoms with Crippen molar-refractivity contribution in [1.82, 2.24) is 10.3 Å². The van der Waals surface area contributed by atoms with Crippen molar-refractivity contribution < 1.29 is 0 Å². The molecule has 3 atom stereocenters. The maximum Gasteiger partial charge on any atom is 0.0798 e. The molecule has 1 saturated carbocycles. The molecule has 2 nitrogen and oxygen atoms in total. The predicted molar refractivity (Wildman–Crippen MR) is 78.8 cm³/mol. The molecule has 0 saturated heterocycles. The molecule has 0 amide bonds. The van der Waals surface area contributed by atoms with Crippen LogP contribution in [0.25, 0.3) is 0 Å². The Morgan fingerprint density at radius 3 is 2.83 bits per heavy atom. The van der Waals surface area contributed by atoms with E-state index in [4.69, 9.17) is 0 Å². The largest absolute Gasteiger partial charge is 0.309 e. The lowest BCUT2D eigenvalue weighted by molar-refractivity contribution is 0.169. The van der Waals surface area contributed by atoms with Gasteiger partial charge in [0.1, 0.15) is 0 Å². The normalized spacial score (nSPS) is 28.8. The summed E-state index contributed by atoms with van der Waals surface area (Å²) in [6, 6.07) is 0.690. The van der Waals surface area contributed by atoms with E-state index < -0.39 is 0 Å². The molecular formula is C15H26N2S. The molecule has 3 heteroatoms. The minimum absolute atomic E-state index is 0.690. The molecule has 1 aromatic rings. The van der Waals surface area contributed by atoms with E-state index in [1.165, 1.54) is 29.8 Å². The first kappa shape index (κ1) is 14.0. The van der Waals surface area contributed by atoms with Crippen LogP contribution >= 0.6 is 11.3 Å². The number of rotatable bonds is 4. The lowest BCUT2D eigenvalue weighted by Crippen LogP contribution is -2.42. The lowest BCUT2D eigenvalue weighted by atomic mass is 9.74. The Labute approximate surface area is 115 Å². The lowest BCUT2D eigenvalue weighted by Gasteiger charge is -2.38. The summed E-state index contributed by atoms with van der Waals surface area (Å²) < 4.78 is 0. The van der Waals surface area contributed by atoms with E-state index in [9.17, 15) is 0 Å². The summed E-state index contributed by atoms with van der Waals surface area (Å²) >= 11 is 1.77. The maximum absolute atomic E-state index is 4.33. The van der Waals surface area contributed by atoms with Gasteiger partial charge in [-0.3, -0.25) is 0 Å². The van der Waals surface area contributed by atoms with E-state index in [0.717, 1.165) is 24.3 Å². The third-order valence-electron chi connectivity index (χ3n) is 4.39. The molecule has 102 valence electrons. The Balaban J connectivity index is 1.94. The highest BCUT2D eigenvalue weighted by molar-refractivity contribution is 7.09. The molecule has 18 heavy (non-hydrogen) atoms. The van der Waals surface area contributed by atoms with Crippen LogP contribution < -0.4 is 5.32 Å². The van der Waals surface area contributed by atoms with Crippen LogP contribution in [0.5, 0.6) is 0 Å². The van der Waals surface area contributed by atoms with Crippen molar-refractivity contribution in [2.24, 2.45) is 17.8 Å². The second-order valence-electron chi connectivity index (χ2n) is 6.17. The van der Waals surface area contributed by atoms with Crippen LogP contribution in [0.4, 0.5) is 0 Å². The average Bonchev–Trinajstić information content (AvgIpc) is 2.72. The molecule has 1 heterocycles. The van der Waals surface area contributed by atoms with Crippen LogP contribution in [-0.4, -0.2) is 11.0 Å². The highest BCUT2D eigenvalue weighted by Gasteiger charge is 2.30. The van der Waals surface area contributed by atoms with E-state index in [1.807, 2.05) is 5.51 Å². The number of aromatic nitrogens is 1. The molecule has 0 spiro atoms. The molecule has 1 N–H and O–H groups in total. The summed E-state index contributed by atoms with van der Waals surface area (Å²) in [4.78, 5) is 5.73. The molecule has 1 aliphatic rings. The van der Waals surface area contributed by atoms with E-state index in [1.54, 1.807) is 11.3 Å². The Bertz CT molecular complexity index is 372. The van der Waals surface area contributed by atoms with E-state index in [-0.39, 0.29) is 0 Å². The molecule has 2 rings (SSSR count). The summed E-state index contributed by atoms with van der Waals surface area (Å²) in [5.41, 5.74) is 3.15. The Morgan fingerprint density at radius 1 is 1.44 bits per heavy atom. The standard InChI is InChI=1S/C15H26N2S/c1-10(2)13-6-5-11(3)7-14(13)16-8-15-12(4)17-9-18-15/h9-11,13-14,16H,5-8H2,1-4H3. The number of nitrogens with zero attached hydrogens (tertiary/aromatic N) is 1. The highest BCUT2D eigenvalue weighted by Crippen LogP contribution is 2.33. The van der Waals surface area contributed by atoms with Gasteiger partial charge in [0.15, 0.2) is 0 Å². The van der Waals surface area contributed by atoms with Crippen molar-refractivity contribution in [1.29, 1.82) is 0 Å². The minimum Gasteiger partial charge on any atom is -0.309 e. The number of aryl methyl sites for hydroxylation is 1. The number of hydrogen-bond acceptors (Lipinski definition) is 3. The Kier molecular flexibility index (Phi) is 4.79. The van der Waals surface area contributed by atoms with Crippen LogP contribution in [0.15, 0.2) is 5.51 Å². The summed E-state index contributed by atoms with van der Waals surface area (Å²) in [7, 11) is 0. The number of thiazole rings is 1. The van der Waals surface area contributed by atoms with Crippen molar-refractivity contribution in [3.8, 4) is 0 Å². The van der Waals surface area contributed by atoms with Crippen molar-refractivity contribution in [3.63, 3.8) is 0 Å². The van der Waals surface area contributed by atoms with Crippen molar-refractivity contribution in [2.75, 3.05) is 0 Å². The van der Waals surface area contributed by atoms with Crippen molar-refractivity contribution >= 4 is 11.3 Å². The monoisotopic (exact) mass is 266 g/mol. The summed E-state index contributed by atoms with van der Waals surface area (Å²) in [5, 5.41) is 3.80. The number of nitrogens with one attached hydrogen (secondary N) is 1. The molecule has 0 aromatic carbocycles. The SMILES string of the molecule is Cc1ncsc1CNC1CC(C)CCC1C(C)C. The zero-order chi connectivity index (χ0) is 13.1. The zero-order valence-corrected chi connectivity index (χ0v) is 12.9. The second-order valence-corrected chi connectivity index (χ2v) is 7.11. The third-order valence-corrected chi connectivity index (χ3v) is 5.33. The summed E-state index contributed by atoms with van der Waals surface area (Å²) in [6.07, 6.45) is 4.12. The van der Waals surface area contributed by atoms with Gasteiger partial charge in [0.05, 0.1) is 11.2 Å². The van der Waals surface area contributed by atoms with Gasteiger partial charge >= 0.3 is 0 Å². The molecule has 0 bridgehead atoms. The second kappa shape index (κ2) is 6.16. The minimum atomic E-state index is 0.690. The summed E-state index contributed by atoms with van der Waals surface area (Å²) in [5.74, 6) is 2.51. The molecule has 0 radical (unpaired) electrons. The number of hydrogen-bond donors (Lipinski definition) is 1. The molecular weight excluding hydrogens is 240 g/mol. The first-order chi connectivity index (χ1) is 8.58. The first-order valence-electron chi connectivity index (χ1n) is 7.20. The third kappa shape index (κ3) is 3.33. The Morgan fingerprint density at radius 2 is 2.22 bits per heavy atom. The van der Waals surface area contributed by atoms with Gasteiger partial charge in [0, 0.05) is 17.5 Å². The van der Waals surface area contributed by atoms with E-state index >= 15 is 0 Å². The fourth-order valence-corrected chi connectivity index (χ4v) is 3.88. The van der Waals surface area contributed by atoms with Gasteiger partial charge in [0.25, 0.3) is 0 Å². The summed E-state index contributed by atoms with van der Waals surface area (Å²) in [6.45, 7) is 10.2. The van der Waals surface area contributed by atoms with Gasteiger partial charge in [-0.2, -0.15) is 0 Å². The van der Waals surface area contributed by atoms with Crippen molar-refractivity contribution in [3.05, 3.63) is 16.1 Å².